The molecular weight excluding hydrogens is 234 g/mol. The van der Waals surface area contributed by atoms with E-state index in [1.807, 2.05) is 7.05 Å². The average molecular weight is 261 g/mol. The fraction of sp³-hybridized carbons (Fsp3) is 0.688. The molecule has 19 heavy (non-hydrogen) atoms. The summed E-state index contributed by atoms with van der Waals surface area (Å²) in [5, 5.41) is 3.24. The van der Waals surface area contributed by atoms with Crippen molar-refractivity contribution in [2.75, 3.05) is 25.0 Å². The second-order valence-electron chi connectivity index (χ2n) is 5.61. The molecule has 1 fully saturated rings. The molecule has 2 rings (SSSR count). The van der Waals surface area contributed by atoms with E-state index in [1.165, 1.54) is 43.0 Å². The van der Waals surface area contributed by atoms with Gasteiger partial charge < -0.3 is 10.2 Å². The SMILES string of the molecule is CCCc1cc(CNC)cc(N2CCC(CC)C2)n1. The van der Waals surface area contributed by atoms with E-state index in [2.05, 4.69) is 36.2 Å². The quantitative estimate of drug-likeness (QED) is 0.853. The highest BCUT2D eigenvalue weighted by Gasteiger charge is 2.22. The van der Waals surface area contributed by atoms with Crippen LogP contribution in [0.5, 0.6) is 0 Å². The van der Waals surface area contributed by atoms with Crippen molar-refractivity contribution in [1.29, 1.82) is 0 Å². The first-order chi connectivity index (χ1) is 9.26. The van der Waals surface area contributed by atoms with Gasteiger partial charge in [-0.25, -0.2) is 4.98 Å². The third-order valence-electron chi connectivity index (χ3n) is 4.00. The Morgan fingerprint density at radius 2 is 2.21 bits per heavy atom. The summed E-state index contributed by atoms with van der Waals surface area (Å²) in [5.41, 5.74) is 2.60. The van der Waals surface area contributed by atoms with Gasteiger partial charge in [-0.3, -0.25) is 0 Å². The van der Waals surface area contributed by atoms with Crippen LogP contribution in [0.1, 0.15) is 44.4 Å². The Balaban J connectivity index is 2.18. The first-order valence-corrected chi connectivity index (χ1v) is 7.66. The van der Waals surface area contributed by atoms with Crippen molar-refractivity contribution in [1.82, 2.24) is 10.3 Å². The molecule has 1 aliphatic heterocycles. The van der Waals surface area contributed by atoms with Crippen molar-refractivity contribution in [3.63, 3.8) is 0 Å². The summed E-state index contributed by atoms with van der Waals surface area (Å²) in [5.74, 6) is 2.04. The minimum atomic E-state index is 0.851. The maximum atomic E-state index is 4.85. The molecule has 0 aromatic carbocycles. The average Bonchev–Trinajstić information content (AvgIpc) is 2.88. The summed E-state index contributed by atoms with van der Waals surface area (Å²) < 4.78 is 0. The molecule has 1 atom stereocenters. The highest BCUT2D eigenvalue weighted by molar-refractivity contribution is 5.44. The standard InChI is InChI=1S/C16H27N3/c1-4-6-15-9-14(11-17-3)10-16(18-15)19-8-7-13(5-2)12-19/h9-10,13,17H,4-8,11-12H2,1-3H3. The van der Waals surface area contributed by atoms with E-state index in [4.69, 9.17) is 4.98 Å². The highest BCUT2D eigenvalue weighted by Crippen LogP contribution is 2.25. The van der Waals surface area contributed by atoms with Crippen molar-refractivity contribution in [3.05, 3.63) is 23.4 Å². The fourth-order valence-corrected chi connectivity index (χ4v) is 2.86. The number of nitrogens with zero attached hydrogens (tertiary/aromatic N) is 2. The zero-order valence-electron chi connectivity index (χ0n) is 12.6. The molecule has 106 valence electrons. The van der Waals surface area contributed by atoms with E-state index in [9.17, 15) is 0 Å². The van der Waals surface area contributed by atoms with Crippen LogP contribution in [-0.4, -0.2) is 25.1 Å². The maximum absolute atomic E-state index is 4.85. The number of aromatic nitrogens is 1. The first-order valence-electron chi connectivity index (χ1n) is 7.66. The smallest absolute Gasteiger partial charge is 0.129 e. The molecule has 0 bridgehead atoms. The number of anilines is 1. The second-order valence-corrected chi connectivity index (χ2v) is 5.61. The number of nitrogens with one attached hydrogen (secondary N) is 1. The zero-order chi connectivity index (χ0) is 13.7. The monoisotopic (exact) mass is 261 g/mol. The van der Waals surface area contributed by atoms with Crippen LogP contribution < -0.4 is 10.2 Å². The van der Waals surface area contributed by atoms with Crippen molar-refractivity contribution >= 4 is 5.82 Å². The van der Waals surface area contributed by atoms with Crippen LogP contribution in [0.4, 0.5) is 5.82 Å². The van der Waals surface area contributed by atoms with Crippen LogP contribution in [0, 0.1) is 5.92 Å². The molecule has 2 heterocycles. The lowest BCUT2D eigenvalue weighted by atomic mass is 10.1. The van der Waals surface area contributed by atoms with Crippen molar-refractivity contribution in [2.45, 2.75) is 46.1 Å². The molecule has 0 amide bonds. The number of hydrogen-bond acceptors (Lipinski definition) is 3. The Morgan fingerprint density at radius 1 is 1.37 bits per heavy atom. The van der Waals surface area contributed by atoms with E-state index >= 15 is 0 Å². The largest absolute Gasteiger partial charge is 0.356 e. The number of hydrogen-bond donors (Lipinski definition) is 1. The number of aryl methyl sites for hydroxylation is 1. The highest BCUT2D eigenvalue weighted by atomic mass is 15.2. The Kier molecular flexibility index (Phi) is 5.20. The summed E-state index contributed by atoms with van der Waals surface area (Å²) in [4.78, 5) is 7.32. The molecule has 1 unspecified atom stereocenters. The van der Waals surface area contributed by atoms with E-state index in [1.54, 1.807) is 0 Å². The predicted molar refractivity (Wildman–Crippen MR) is 81.6 cm³/mol. The molecule has 1 N–H and O–H groups in total. The molecule has 0 aliphatic carbocycles. The van der Waals surface area contributed by atoms with Gasteiger partial charge in [-0.2, -0.15) is 0 Å². The molecule has 3 heteroatoms. The Bertz CT molecular complexity index is 379. The maximum Gasteiger partial charge on any atom is 0.129 e. The molecular formula is C16H27N3. The van der Waals surface area contributed by atoms with Crippen LogP contribution in [0.25, 0.3) is 0 Å². The van der Waals surface area contributed by atoms with Gasteiger partial charge in [0.2, 0.25) is 0 Å². The van der Waals surface area contributed by atoms with Crippen LogP contribution in [0.2, 0.25) is 0 Å². The lowest BCUT2D eigenvalue weighted by Gasteiger charge is -2.19. The molecule has 1 aliphatic rings. The van der Waals surface area contributed by atoms with E-state index in [0.717, 1.165) is 25.3 Å². The van der Waals surface area contributed by atoms with E-state index in [-0.39, 0.29) is 0 Å². The summed E-state index contributed by atoms with van der Waals surface area (Å²) in [6.07, 6.45) is 4.84. The van der Waals surface area contributed by atoms with Crippen molar-refractivity contribution in [2.24, 2.45) is 5.92 Å². The minimum Gasteiger partial charge on any atom is -0.356 e. The van der Waals surface area contributed by atoms with Gasteiger partial charge in [-0.1, -0.05) is 26.7 Å². The van der Waals surface area contributed by atoms with Gasteiger partial charge in [0.25, 0.3) is 0 Å². The van der Waals surface area contributed by atoms with Gasteiger partial charge in [-0.05, 0) is 43.5 Å². The van der Waals surface area contributed by atoms with Gasteiger partial charge >= 0.3 is 0 Å². The van der Waals surface area contributed by atoms with Gasteiger partial charge in [0, 0.05) is 25.3 Å². The second kappa shape index (κ2) is 6.90. The lowest BCUT2D eigenvalue weighted by Crippen LogP contribution is -2.21. The first kappa shape index (κ1) is 14.3. The number of rotatable bonds is 6. The topological polar surface area (TPSA) is 28.2 Å². The van der Waals surface area contributed by atoms with Crippen LogP contribution in [0.3, 0.4) is 0 Å². The number of pyridine rings is 1. The van der Waals surface area contributed by atoms with Crippen LogP contribution in [0.15, 0.2) is 12.1 Å². The Morgan fingerprint density at radius 3 is 2.84 bits per heavy atom. The molecule has 1 aromatic rings. The third kappa shape index (κ3) is 3.69. The zero-order valence-corrected chi connectivity index (χ0v) is 12.6. The predicted octanol–water partition coefficient (Wildman–Crippen LogP) is 2.99. The van der Waals surface area contributed by atoms with Crippen LogP contribution in [-0.2, 0) is 13.0 Å². The van der Waals surface area contributed by atoms with Gasteiger partial charge in [0.1, 0.15) is 5.82 Å². The van der Waals surface area contributed by atoms with E-state index < -0.39 is 0 Å². The molecule has 0 saturated carbocycles. The van der Waals surface area contributed by atoms with Gasteiger partial charge in [0.05, 0.1) is 0 Å². The molecule has 1 saturated heterocycles. The summed E-state index contributed by atoms with van der Waals surface area (Å²) in [6, 6.07) is 4.50. The summed E-state index contributed by atoms with van der Waals surface area (Å²) >= 11 is 0. The summed E-state index contributed by atoms with van der Waals surface area (Å²) in [6.45, 7) is 7.78. The third-order valence-corrected chi connectivity index (χ3v) is 4.00. The molecule has 0 spiro atoms. The summed E-state index contributed by atoms with van der Waals surface area (Å²) in [7, 11) is 2.00. The van der Waals surface area contributed by atoms with Crippen molar-refractivity contribution < 1.29 is 0 Å². The van der Waals surface area contributed by atoms with Gasteiger partial charge in [-0.15, -0.1) is 0 Å². The normalized spacial score (nSPS) is 19.1. The minimum absolute atomic E-state index is 0.851. The van der Waals surface area contributed by atoms with Gasteiger partial charge in [0.15, 0.2) is 0 Å². The fourth-order valence-electron chi connectivity index (χ4n) is 2.86. The molecule has 1 aromatic heterocycles. The Labute approximate surface area is 117 Å². The van der Waals surface area contributed by atoms with Crippen LogP contribution >= 0.6 is 0 Å². The molecule has 0 radical (unpaired) electrons. The van der Waals surface area contributed by atoms with Crippen molar-refractivity contribution in [3.8, 4) is 0 Å². The van der Waals surface area contributed by atoms with E-state index in [0.29, 0.717) is 0 Å². The Hall–Kier alpha value is -1.09. The lowest BCUT2D eigenvalue weighted by molar-refractivity contribution is 0.568. The molecule has 3 nitrogen and oxygen atoms in total.